The lowest BCUT2D eigenvalue weighted by Gasteiger charge is -2.16. The second kappa shape index (κ2) is 7.29. The van der Waals surface area contributed by atoms with Crippen molar-refractivity contribution >= 4 is 0 Å². The van der Waals surface area contributed by atoms with Crippen molar-refractivity contribution in [1.29, 1.82) is 0 Å². The Morgan fingerprint density at radius 2 is 2.25 bits per heavy atom. The smallest absolute Gasteiger partial charge is 0.121 e. The minimum Gasteiger partial charge on any atom is -0.496 e. The number of hydrogen-bond acceptors (Lipinski definition) is 2. The fraction of sp³-hybridized carbons (Fsp3) is 0.571. The third kappa shape index (κ3) is 4.23. The number of rotatable bonds is 6. The SMILES string of the molecule is COCCC/C=C/C1=CC(C)CC=C1OC. The van der Waals surface area contributed by atoms with Crippen LogP contribution < -0.4 is 0 Å². The van der Waals surface area contributed by atoms with E-state index in [2.05, 4.69) is 31.2 Å². The molecule has 90 valence electrons. The zero-order valence-corrected chi connectivity index (χ0v) is 10.5. The number of unbranched alkanes of at least 4 members (excludes halogenated alkanes) is 1. The number of allylic oxidation sites excluding steroid dienone is 4. The highest BCUT2D eigenvalue weighted by Crippen LogP contribution is 2.24. The Balaban J connectivity index is 2.47. The maximum atomic E-state index is 5.35. The second-order valence-corrected chi connectivity index (χ2v) is 4.14. The molecule has 1 rings (SSSR count). The summed E-state index contributed by atoms with van der Waals surface area (Å²) in [6, 6.07) is 0. The Kier molecular flexibility index (Phi) is 5.94. The van der Waals surface area contributed by atoms with Crippen LogP contribution in [0.4, 0.5) is 0 Å². The Hall–Kier alpha value is -1.02. The van der Waals surface area contributed by atoms with Crippen molar-refractivity contribution < 1.29 is 9.47 Å². The number of ether oxygens (including phenoxy) is 2. The van der Waals surface area contributed by atoms with Crippen LogP contribution in [-0.4, -0.2) is 20.8 Å². The third-order valence-corrected chi connectivity index (χ3v) is 2.66. The van der Waals surface area contributed by atoms with Crippen LogP contribution in [0.1, 0.15) is 26.2 Å². The van der Waals surface area contributed by atoms with E-state index in [1.165, 1.54) is 5.57 Å². The molecule has 0 aliphatic heterocycles. The summed E-state index contributed by atoms with van der Waals surface area (Å²) in [7, 11) is 3.47. The highest BCUT2D eigenvalue weighted by Gasteiger charge is 2.10. The Morgan fingerprint density at radius 1 is 1.44 bits per heavy atom. The van der Waals surface area contributed by atoms with Crippen molar-refractivity contribution in [3.63, 3.8) is 0 Å². The van der Waals surface area contributed by atoms with E-state index in [-0.39, 0.29) is 0 Å². The quantitative estimate of drug-likeness (QED) is 0.641. The van der Waals surface area contributed by atoms with Crippen molar-refractivity contribution in [2.75, 3.05) is 20.8 Å². The molecule has 1 atom stereocenters. The van der Waals surface area contributed by atoms with Gasteiger partial charge in [-0.05, 0) is 31.3 Å². The van der Waals surface area contributed by atoms with Crippen molar-refractivity contribution in [2.45, 2.75) is 26.2 Å². The van der Waals surface area contributed by atoms with Crippen LogP contribution in [-0.2, 0) is 9.47 Å². The lowest BCUT2D eigenvalue weighted by molar-refractivity contribution is 0.196. The molecular formula is C14H22O2. The molecule has 0 heterocycles. The summed E-state index contributed by atoms with van der Waals surface area (Å²) in [6.45, 7) is 3.05. The van der Waals surface area contributed by atoms with E-state index in [9.17, 15) is 0 Å². The molecule has 0 amide bonds. The summed E-state index contributed by atoms with van der Waals surface area (Å²) in [5.41, 5.74) is 1.21. The van der Waals surface area contributed by atoms with Gasteiger partial charge in [0.2, 0.25) is 0 Å². The van der Waals surface area contributed by atoms with E-state index in [0.717, 1.165) is 31.6 Å². The fourth-order valence-electron chi connectivity index (χ4n) is 1.76. The van der Waals surface area contributed by atoms with Gasteiger partial charge in [-0.25, -0.2) is 0 Å². The first-order valence-electron chi connectivity index (χ1n) is 5.89. The molecule has 0 fully saturated rings. The summed E-state index contributed by atoms with van der Waals surface area (Å²) in [5.74, 6) is 1.61. The molecule has 1 aliphatic carbocycles. The molecule has 2 heteroatoms. The minimum atomic E-state index is 0.609. The van der Waals surface area contributed by atoms with Gasteiger partial charge < -0.3 is 9.47 Å². The molecular weight excluding hydrogens is 200 g/mol. The van der Waals surface area contributed by atoms with Crippen LogP contribution in [0.15, 0.2) is 35.6 Å². The molecule has 0 saturated carbocycles. The van der Waals surface area contributed by atoms with Crippen LogP contribution in [0.3, 0.4) is 0 Å². The summed E-state index contributed by atoms with van der Waals surface area (Å²) in [6.07, 6.45) is 12.0. The maximum Gasteiger partial charge on any atom is 0.121 e. The molecule has 16 heavy (non-hydrogen) atoms. The van der Waals surface area contributed by atoms with Gasteiger partial charge in [0.1, 0.15) is 5.76 Å². The predicted molar refractivity (Wildman–Crippen MR) is 67.2 cm³/mol. The average molecular weight is 222 g/mol. The van der Waals surface area contributed by atoms with Crippen LogP contribution in [0.5, 0.6) is 0 Å². The normalized spacial score (nSPS) is 20.8. The largest absolute Gasteiger partial charge is 0.496 e. The first-order chi connectivity index (χ1) is 7.77. The second-order valence-electron chi connectivity index (χ2n) is 4.14. The van der Waals surface area contributed by atoms with Crippen molar-refractivity contribution in [1.82, 2.24) is 0 Å². The van der Waals surface area contributed by atoms with Gasteiger partial charge >= 0.3 is 0 Å². The Bertz CT molecular complexity index is 287. The molecule has 0 bridgehead atoms. The molecule has 0 saturated heterocycles. The monoisotopic (exact) mass is 222 g/mol. The van der Waals surface area contributed by atoms with E-state index in [4.69, 9.17) is 9.47 Å². The topological polar surface area (TPSA) is 18.5 Å². The van der Waals surface area contributed by atoms with Gasteiger partial charge in [-0.2, -0.15) is 0 Å². The number of methoxy groups -OCH3 is 2. The predicted octanol–water partition coefficient (Wildman–Crippen LogP) is 3.47. The van der Waals surface area contributed by atoms with Crippen LogP contribution >= 0.6 is 0 Å². The molecule has 0 N–H and O–H groups in total. The molecule has 0 spiro atoms. The molecule has 1 unspecified atom stereocenters. The van der Waals surface area contributed by atoms with Gasteiger partial charge in [-0.1, -0.05) is 25.2 Å². The number of hydrogen-bond donors (Lipinski definition) is 0. The van der Waals surface area contributed by atoms with Gasteiger partial charge in [0.05, 0.1) is 7.11 Å². The van der Waals surface area contributed by atoms with Gasteiger partial charge in [0.15, 0.2) is 0 Å². The zero-order valence-electron chi connectivity index (χ0n) is 10.5. The van der Waals surface area contributed by atoms with E-state index in [1.54, 1.807) is 14.2 Å². The van der Waals surface area contributed by atoms with E-state index in [0.29, 0.717) is 5.92 Å². The Morgan fingerprint density at radius 3 is 2.94 bits per heavy atom. The average Bonchev–Trinajstić information content (AvgIpc) is 2.29. The van der Waals surface area contributed by atoms with Crippen LogP contribution in [0.2, 0.25) is 0 Å². The molecule has 0 aromatic heterocycles. The van der Waals surface area contributed by atoms with Gasteiger partial charge in [-0.3, -0.25) is 0 Å². The molecule has 2 nitrogen and oxygen atoms in total. The van der Waals surface area contributed by atoms with E-state index >= 15 is 0 Å². The lowest BCUT2D eigenvalue weighted by atomic mass is 9.96. The first kappa shape index (κ1) is 13.0. The molecule has 0 aromatic carbocycles. The van der Waals surface area contributed by atoms with Gasteiger partial charge in [0, 0.05) is 19.3 Å². The van der Waals surface area contributed by atoms with Crippen LogP contribution in [0, 0.1) is 5.92 Å². The van der Waals surface area contributed by atoms with Gasteiger partial charge in [-0.15, -0.1) is 0 Å². The fourth-order valence-corrected chi connectivity index (χ4v) is 1.76. The van der Waals surface area contributed by atoms with Crippen molar-refractivity contribution in [3.05, 3.63) is 35.6 Å². The summed E-state index contributed by atoms with van der Waals surface area (Å²) >= 11 is 0. The van der Waals surface area contributed by atoms with E-state index in [1.807, 2.05) is 0 Å². The van der Waals surface area contributed by atoms with Crippen molar-refractivity contribution in [2.24, 2.45) is 5.92 Å². The lowest BCUT2D eigenvalue weighted by Crippen LogP contribution is -2.01. The maximum absolute atomic E-state index is 5.35. The third-order valence-electron chi connectivity index (χ3n) is 2.66. The minimum absolute atomic E-state index is 0.609. The summed E-state index contributed by atoms with van der Waals surface area (Å²) in [4.78, 5) is 0. The van der Waals surface area contributed by atoms with E-state index < -0.39 is 0 Å². The summed E-state index contributed by atoms with van der Waals surface area (Å²) in [5, 5.41) is 0. The standard InChI is InChI=1S/C14H22O2/c1-12-8-9-14(16-3)13(11-12)7-5-4-6-10-15-2/h5,7,9,11-12H,4,6,8,10H2,1-3H3/b7-5+. The molecule has 0 aromatic rings. The molecule has 0 radical (unpaired) electrons. The van der Waals surface area contributed by atoms with Crippen LogP contribution in [0.25, 0.3) is 0 Å². The van der Waals surface area contributed by atoms with Gasteiger partial charge in [0.25, 0.3) is 0 Å². The summed E-state index contributed by atoms with van der Waals surface area (Å²) < 4.78 is 10.4. The Labute approximate surface area is 98.6 Å². The zero-order chi connectivity index (χ0) is 11.8. The first-order valence-corrected chi connectivity index (χ1v) is 5.89. The molecule has 1 aliphatic rings. The highest BCUT2D eigenvalue weighted by atomic mass is 16.5. The highest BCUT2D eigenvalue weighted by molar-refractivity contribution is 5.38. The van der Waals surface area contributed by atoms with Crippen molar-refractivity contribution in [3.8, 4) is 0 Å².